The third-order valence-electron chi connectivity index (χ3n) is 2.39. The van der Waals surface area contributed by atoms with Gasteiger partial charge in [0.1, 0.15) is 6.61 Å². The molecule has 1 aromatic carbocycles. The minimum atomic E-state index is -0.232. The average molecular weight is 252 g/mol. The summed E-state index contributed by atoms with van der Waals surface area (Å²) in [5.41, 5.74) is 2.54. The molecule has 0 fully saturated rings. The Labute approximate surface area is 88.2 Å². The number of hydrogen-bond donors (Lipinski definition) is 1. The topological polar surface area (TPSA) is 42.1 Å². The van der Waals surface area contributed by atoms with E-state index in [0.29, 0.717) is 12.2 Å². The van der Waals surface area contributed by atoms with Crippen molar-refractivity contribution in [3.8, 4) is 0 Å². The van der Waals surface area contributed by atoms with Crippen molar-refractivity contribution in [1.82, 2.24) is 4.98 Å². The summed E-state index contributed by atoms with van der Waals surface area (Å²) < 4.78 is 5.89. The first-order valence-electron chi connectivity index (χ1n) is 4.23. The van der Waals surface area contributed by atoms with Crippen molar-refractivity contribution in [2.45, 2.75) is 6.61 Å². The molecule has 3 rings (SSSR count). The van der Waals surface area contributed by atoms with E-state index in [2.05, 4.69) is 20.9 Å². The molecule has 14 heavy (non-hydrogen) atoms. The molecule has 0 atom stereocenters. The van der Waals surface area contributed by atoms with E-state index < -0.39 is 0 Å². The summed E-state index contributed by atoms with van der Waals surface area (Å²) in [6.07, 6.45) is 0. The Hall–Kier alpha value is -1.29. The molecule has 0 radical (unpaired) electrons. The zero-order valence-corrected chi connectivity index (χ0v) is 8.72. The lowest BCUT2D eigenvalue weighted by molar-refractivity contribution is 0.0534. The zero-order valence-electron chi connectivity index (χ0n) is 7.13. The molecule has 0 aliphatic carbocycles. The molecule has 0 spiro atoms. The van der Waals surface area contributed by atoms with Gasteiger partial charge in [0.2, 0.25) is 0 Å². The molecule has 1 aromatic heterocycles. The maximum absolute atomic E-state index is 11.4. The highest BCUT2D eigenvalue weighted by Crippen LogP contribution is 2.30. The Kier molecular flexibility index (Phi) is 1.50. The molecule has 0 bridgehead atoms. The first-order chi connectivity index (χ1) is 6.75. The van der Waals surface area contributed by atoms with Crippen molar-refractivity contribution in [3.63, 3.8) is 0 Å². The Morgan fingerprint density at radius 3 is 3.14 bits per heavy atom. The third-order valence-corrected chi connectivity index (χ3v) is 2.88. The summed E-state index contributed by atoms with van der Waals surface area (Å²) in [4.78, 5) is 14.6. The normalized spacial score (nSPS) is 14.5. The van der Waals surface area contributed by atoms with Gasteiger partial charge in [-0.1, -0.05) is 15.9 Å². The molecule has 1 N–H and O–H groups in total. The Morgan fingerprint density at radius 2 is 2.29 bits per heavy atom. The summed E-state index contributed by atoms with van der Waals surface area (Å²) in [5, 5.41) is 0.928. The fourth-order valence-corrected chi connectivity index (χ4v) is 2.13. The second-order valence-electron chi connectivity index (χ2n) is 3.24. The fraction of sp³-hybridized carbons (Fsp3) is 0.100. The van der Waals surface area contributed by atoms with Crippen LogP contribution in [-0.2, 0) is 11.3 Å². The van der Waals surface area contributed by atoms with Crippen molar-refractivity contribution in [2.24, 2.45) is 0 Å². The second-order valence-corrected chi connectivity index (χ2v) is 4.16. The van der Waals surface area contributed by atoms with Crippen LogP contribution in [0.3, 0.4) is 0 Å². The van der Waals surface area contributed by atoms with Crippen LogP contribution >= 0.6 is 15.9 Å². The molecule has 1 aliphatic rings. The van der Waals surface area contributed by atoms with Gasteiger partial charge in [0.25, 0.3) is 0 Å². The molecule has 0 saturated heterocycles. The molecular formula is C10H6BrNO2. The van der Waals surface area contributed by atoms with Crippen molar-refractivity contribution in [2.75, 3.05) is 0 Å². The quantitative estimate of drug-likeness (QED) is 0.732. The van der Waals surface area contributed by atoms with Crippen LogP contribution in [0, 0.1) is 0 Å². The molecule has 70 valence electrons. The summed E-state index contributed by atoms with van der Waals surface area (Å²) in [6.45, 7) is 0.362. The smallest absolute Gasteiger partial charge is 0.341 e. The number of halogens is 1. The SMILES string of the molecule is O=C1OCc2[nH]c3ccc(Br)cc3c21. The highest BCUT2D eigenvalue weighted by atomic mass is 79.9. The highest BCUT2D eigenvalue weighted by molar-refractivity contribution is 9.10. The van der Waals surface area contributed by atoms with Gasteiger partial charge in [-0.05, 0) is 18.2 Å². The lowest BCUT2D eigenvalue weighted by atomic mass is 10.1. The van der Waals surface area contributed by atoms with Gasteiger partial charge >= 0.3 is 5.97 Å². The number of H-pyrrole nitrogens is 1. The molecule has 2 heterocycles. The summed E-state index contributed by atoms with van der Waals surface area (Å²) in [6, 6.07) is 5.82. The van der Waals surface area contributed by atoms with Crippen LogP contribution in [-0.4, -0.2) is 11.0 Å². The van der Waals surface area contributed by atoms with Crippen LogP contribution in [0.15, 0.2) is 22.7 Å². The number of hydrogen-bond acceptors (Lipinski definition) is 2. The molecule has 0 amide bonds. The molecule has 0 unspecified atom stereocenters. The fourth-order valence-electron chi connectivity index (χ4n) is 1.77. The summed E-state index contributed by atoms with van der Waals surface area (Å²) >= 11 is 3.38. The molecule has 4 heteroatoms. The van der Waals surface area contributed by atoms with E-state index in [-0.39, 0.29) is 5.97 Å². The molecule has 1 aliphatic heterocycles. The number of nitrogens with one attached hydrogen (secondary N) is 1. The minimum Gasteiger partial charge on any atom is -0.456 e. The van der Waals surface area contributed by atoms with Crippen molar-refractivity contribution in [3.05, 3.63) is 33.9 Å². The number of rotatable bonds is 0. The van der Waals surface area contributed by atoms with Crippen LogP contribution in [0.1, 0.15) is 16.1 Å². The number of ether oxygens (including phenoxy) is 1. The number of aromatic nitrogens is 1. The van der Waals surface area contributed by atoms with Gasteiger partial charge in [-0.3, -0.25) is 0 Å². The van der Waals surface area contributed by atoms with Gasteiger partial charge in [0, 0.05) is 15.4 Å². The largest absolute Gasteiger partial charge is 0.456 e. The van der Waals surface area contributed by atoms with Crippen LogP contribution in [0.5, 0.6) is 0 Å². The van der Waals surface area contributed by atoms with Crippen molar-refractivity contribution in [1.29, 1.82) is 0 Å². The van der Waals surface area contributed by atoms with Gasteiger partial charge in [-0.15, -0.1) is 0 Å². The minimum absolute atomic E-state index is 0.232. The molecular weight excluding hydrogens is 246 g/mol. The number of fused-ring (bicyclic) bond motifs is 3. The maximum Gasteiger partial charge on any atom is 0.341 e. The van der Waals surface area contributed by atoms with Crippen LogP contribution in [0.4, 0.5) is 0 Å². The van der Waals surface area contributed by atoms with Gasteiger partial charge in [-0.2, -0.15) is 0 Å². The lowest BCUT2D eigenvalue weighted by Crippen LogP contribution is -1.93. The zero-order chi connectivity index (χ0) is 9.71. The number of aromatic amines is 1. The predicted molar refractivity (Wildman–Crippen MR) is 55.1 cm³/mol. The van der Waals surface area contributed by atoms with E-state index >= 15 is 0 Å². The van der Waals surface area contributed by atoms with Gasteiger partial charge < -0.3 is 9.72 Å². The number of carbonyl (C=O) groups excluding carboxylic acids is 1. The first kappa shape index (κ1) is 8.05. The monoisotopic (exact) mass is 251 g/mol. The Bertz CT molecular complexity index is 544. The molecule has 2 aromatic rings. The number of benzene rings is 1. The number of esters is 1. The maximum atomic E-state index is 11.4. The van der Waals surface area contributed by atoms with Crippen molar-refractivity contribution >= 4 is 32.8 Å². The van der Waals surface area contributed by atoms with Gasteiger partial charge in [0.15, 0.2) is 0 Å². The Balaban J connectivity index is 2.43. The van der Waals surface area contributed by atoms with E-state index in [1.54, 1.807) is 0 Å². The number of carbonyl (C=O) groups is 1. The lowest BCUT2D eigenvalue weighted by Gasteiger charge is -1.94. The van der Waals surface area contributed by atoms with Crippen LogP contribution in [0.25, 0.3) is 10.9 Å². The first-order valence-corrected chi connectivity index (χ1v) is 5.02. The average Bonchev–Trinajstić information content (AvgIpc) is 2.67. The van der Waals surface area contributed by atoms with Gasteiger partial charge in [-0.25, -0.2) is 4.79 Å². The van der Waals surface area contributed by atoms with Crippen LogP contribution < -0.4 is 0 Å². The molecule has 3 nitrogen and oxygen atoms in total. The van der Waals surface area contributed by atoms with E-state index in [9.17, 15) is 4.79 Å². The van der Waals surface area contributed by atoms with E-state index in [4.69, 9.17) is 4.74 Å². The summed E-state index contributed by atoms with van der Waals surface area (Å²) in [7, 11) is 0. The highest BCUT2D eigenvalue weighted by Gasteiger charge is 2.26. The van der Waals surface area contributed by atoms with E-state index in [1.807, 2.05) is 18.2 Å². The van der Waals surface area contributed by atoms with Crippen LogP contribution in [0.2, 0.25) is 0 Å². The summed E-state index contributed by atoms with van der Waals surface area (Å²) in [5.74, 6) is -0.232. The third kappa shape index (κ3) is 0.944. The van der Waals surface area contributed by atoms with Crippen molar-refractivity contribution < 1.29 is 9.53 Å². The van der Waals surface area contributed by atoms with E-state index in [0.717, 1.165) is 21.1 Å². The molecule has 0 saturated carbocycles. The van der Waals surface area contributed by atoms with Gasteiger partial charge in [0.05, 0.1) is 11.3 Å². The number of cyclic esters (lactones) is 1. The standard InChI is InChI=1S/C10H6BrNO2/c11-5-1-2-7-6(3-5)9-8(12-7)4-14-10(9)13/h1-3,12H,4H2. The second kappa shape index (κ2) is 2.60. The Morgan fingerprint density at radius 1 is 1.43 bits per heavy atom. The van der Waals surface area contributed by atoms with E-state index in [1.165, 1.54) is 0 Å². The predicted octanol–water partition coefficient (Wildman–Crippen LogP) is 2.60.